The van der Waals surface area contributed by atoms with Crippen molar-refractivity contribution < 1.29 is 14.3 Å². The fourth-order valence-corrected chi connectivity index (χ4v) is 5.22. The zero-order valence-electron chi connectivity index (χ0n) is 17.9. The number of aromatic nitrogens is 3. The molecule has 1 aliphatic heterocycles. The highest BCUT2D eigenvalue weighted by molar-refractivity contribution is 8.00. The van der Waals surface area contributed by atoms with Gasteiger partial charge < -0.3 is 19.7 Å². The molecule has 0 aliphatic carbocycles. The maximum Gasteiger partial charge on any atom is 0.234 e. The summed E-state index contributed by atoms with van der Waals surface area (Å²) in [6.45, 7) is 1.78. The third-order valence-electron chi connectivity index (χ3n) is 4.90. The van der Waals surface area contributed by atoms with Crippen molar-refractivity contribution in [1.82, 2.24) is 15.0 Å². The Kier molecular flexibility index (Phi) is 6.27. The van der Waals surface area contributed by atoms with Crippen molar-refractivity contribution in [3.63, 3.8) is 0 Å². The lowest BCUT2D eigenvalue weighted by Gasteiger charge is -2.18. The van der Waals surface area contributed by atoms with Gasteiger partial charge in [-0.3, -0.25) is 4.79 Å². The van der Waals surface area contributed by atoms with E-state index in [1.54, 1.807) is 18.2 Å². The monoisotopic (exact) mass is 479 g/mol. The second-order valence-electron chi connectivity index (χ2n) is 7.36. The highest BCUT2D eigenvalue weighted by Crippen LogP contribution is 2.35. The molecule has 2 aromatic carbocycles. The van der Waals surface area contributed by atoms with Gasteiger partial charge in [0.25, 0.3) is 0 Å². The fourth-order valence-electron chi connectivity index (χ4n) is 3.37. The highest BCUT2D eigenvalue weighted by atomic mass is 32.2. The number of amides is 1. The van der Waals surface area contributed by atoms with Crippen LogP contribution >= 0.6 is 23.1 Å². The van der Waals surface area contributed by atoms with Gasteiger partial charge in [-0.25, -0.2) is 9.97 Å². The largest absolute Gasteiger partial charge is 0.486 e. The first-order valence-electron chi connectivity index (χ1n) is 10.3. The predicted molar refractivity (Wildman–Crippen MR) is 131 cm³/mol. The molecule has 168 valence electrons. The quantitative estimate of drug-likeness (QED) is 0.311. The van der Waals surface area contributed by atoms with Gasteiger partial charge in [-0.05, 0) is 17.7 Å². The Morgan fingerprint density at radius 1 is 1.12 bits per heavy atom. The Labute approximate surface area is 199 Å². The first kappa shape index (κ1) is 21.5. The van der Waals surface area contributed by atoms with E-state index in [0.29, 0.717) is 36.0 Å². The molecular formula is C23H21N5O3S2. The number of carbonyl (C=O) groups is 1. The molecule has 0 saturated carbocycles. The summed E-state index contributed by atoms with van der Waals surface area (Å²) >= 11 is 2.90. The number of hydrogen-bond donors (Lipinski definition) is 1. The van der Waals surface area contributed by atoms with Gasteiger partial charge in [-0.1, -0.05) is 53.4 Å². The minimum absolute atomic E-state index is 0.130. The summed E-state index contributed by atoms with van der Waals surface area (Å²) in [5, 5.41) is 4.50. The number of anilines is 2. The molecule has 0 radical (unpaired) electrons. The number of nitrogens with zero attached hydrogens (tertiary/aromatic N) is 4. The minimum Gasteiger partial charge on any atom is -0.486 e. The number of thiazole rings is 1. The van der Waals surface area contributed by atoms with Crippen LogP contribution in [0.1, 0.15) is 5.56 Å². The summed E-state index contributed by atoms with van der Waals surface area (Å²) < 4.78 is 12.0. The summed E-state index contributed by atoms with van der Waals surface area (Å²) in [5.74, 6) is 1.42. The van der Waals surface area contributed by atoms with Crippen molar-refractivity contribution in [3.05, 3.63) is 60.4 Å². The van der Waals surface area contributed by atoms with E-state index >= 15 is 0 Å². The van der Waals surface area contributed by atoms with E-state index in [2.05, 4.69) is 37.3 Å². The normalized spacial score (nSPS) is 12.5. The van der Waals surface area contributed by atoms with Gasteiger partial charge in [0, 0.05) is 25.3 Å². The number of hydrogen-bond acceptors (Lipinski definition) is 9. The van der Waals surface area contributed by atoms with Crippen molar-refractivity contribution in [2.75, 3.05) is 36.2 Å². The SMILES string of the molecule is CN(Cc1ccccc1)c1nc2ncnc(SCC(=O)Nc3ccc4c(c3)OCCO4)c2s1. The molecule has 8 nitrogen and oxygen atoms in total. The molecule has 10 heteroatoms. The minimum atomic E-state index is -0.130. The van der Waals surface area contributed by atoms with Crippen LogP contribution in [-0.2, 0) is 11.3 Å². The molecular weight excluding hydrogens is 458 g/mol. The Bertz CT molecular complexity index is 1280. The first-order valence-corrected chi connectivity index (χ1v) is 12.1. The Hall–Kier alpha value is -3.37. The summed E-state index contributed by atoms with van der Waals surface area (Å²) in [7, 11) is 2.01. The zero-order valence-corrected chi connectivity index (χ0v) is 19.5. The number of nitrogens with one attached hydrogen (secondary N) is 1. The average Bonchev–Trinajstić information content (AvgIpc) is 3.29. The van der Waals surface area contributed by atoms with E-state index in [9.17, 15) is 4.79 Å². The number of fused-ring (bicyclic) bond motifs is 2. The molecule has 0 fully saturated rings. The van der Waals surface area contributed by atoms with Crippen LogP contribution in [0.15, 0.2) is 59.9 Å². The molecule has 2 aromatic heterocycles. The Balaban J connectivity index is 1.25. The second-order valence-corrected chi connectivity index (χ2v) is 9.31. The predicted octanol–water partition coefficient (Wildman–Crippen LogP) is 4.22. The van der Waals surface area contributed by atoms with Crippen LogP contribution in [0.4, 0.5) is 10.8 Å². The van der Waals surface area contributed by atoms with Crippen LogP contribution in [0.25, 0.3) is 10.3 Å². The Morgan fingerprint density at radius 2 is 1.94 bits per heavy atom. The summed E-state index contributed by atoms with van der Waals surface area (Å²) in [6, 6.07) is 15.6. The van der Waals surface area contributed by atoms with E-state index in [1.807, 2.05) is 25.2 Å². The van der Waals surface area contributed by atoms with E-state index in [-0.39, 0.29) is 11.7 Å². The van der Waals surface area contributed by atoms with Crippen LogP contribution in [0, 0.1) is 0 Å². The average molecular weight is 480 g/mol. The molecule has 0 atom stereocenters. The molecule has 1 N–H and O–H groups in total. The lowest BCUT2D eigenvalue weighted by atomic mass is 10.2. The van der Waals surface area contributed by atoms with Gasteiger partial charge >= 0.3 is 0 Å². The molecule has 1 amide bonds. The molecule has 33 heavy (non-hydrogen) atoms. The topological polar surface area (TPSA) is 89.5 Å². The third kappa shape index (κ3) is 5.01. The van der Waals surface area contributed by atoms with Crippen LogP contribution in [0.3, 0.4) is 0 Å². The lowest BCUT2D eigenvalue weighted by Crippen LogP contribution is -2.17. The lowest BCUT2D eigenvalue weighted by molar-refractivity contribution is -0.113. The summed E-state index contributed by atoms with van der Waals surface area (Å²) in [4.78, 5) is 28.0. The number of rotatable bonds is 7. The van der Waals surface area contributed by atoms with Crippen LogP contribution < -0.4 is 19.7 Å². The molecule has 3 heterocycles. The highest BCUT2D eigenvalue weighted by Gasteiger charge is 2.16. The number of ether oxygens (including phenoxy) is 2. The van der Waals surface area contributed by atoms with Crippen LogP contribution in [0.5, 0.6) is 11.5 Å². The van der Waals surface area contributed by atoms with Crippen molar-refractivity contribution in [2.45, 2.75) is 11.6 Å². The van der Waals surface area contributed by atoms with E-state index in [1.165, 1.54) is 35.0 Å². The molecule has 5 rings (SSSR count). The smallest absolute Gasteiger partial charge is 0.234 e. The van der Waals surface area contributed by atoms with Crippen molar-refractivity contribution in [1.29, 1.82) is 0 Å². The van der Waals surface area contributed by atoms with E-state index in [0.717, 1.165) is 21.4 Å². The maximum absolute atomic E-state index is 12.5. The van der Waals surface area contributed by atoms with Gasteiger partial charge in [0.1, 0.15) is 29.3 Å². The molecule has 1 aliphatic rings. The zero-order chi connectivity index (χ0) is 22.6. The van der Waals surface area contributed by atoms with E-state index in [4.69, 9.17) is 9.47 Å². The summed E-state index contributed by atoms with van der Waals surface area (Å²) in [6.07, 6.45) is 1.49. The Morgan fingerprint density at radius 3 is 2.79 bits per heavy atom. The molecule has 4 aromatic rings. The van der Waals surface area contributed by atoms with Gasteiger partial charge in [0.15, 0.2) is 22.3 Å². The van der Waals surface area contributed by atoms with Crippen molar-refractivity contribution in [3.8, 4) is 11.5 Å². The van der Waals surface area contributed by atoms with Gasteiger partial charge in [-0.2, -0.15) is 4.98 Å². The van der Waals surface area contributed by atoms with Crippen LogP contribution in [-0.4, -0.2) is 46.9 Å². The first-order chi connectivity index (χ1) is 16.2. The molecule has 0 saturated heterocycles. The number of carbonyl (C=O) groups excluding carboxylic acids is 1. The van der Waals surface area contributed by atoms with Crippen molar-refractivity contribution in [2.24, 2.45) is 0 Å². The molecule has 0 spiro atoms. The summed E-state index contributed by atoms with van der Waals surface area (Å²) in [5.41, 5.74) is 2.51. The number of benzene rings is 2. The van der Waals surface area contributed by atoms with Crippen molar-refractivity contribution >= 4 is 50.2 Å². The third-order valence-corrected chi connectivity index (χ3v) is 7.19. The maximum atomic E-state index is 12.5. The molecule has 0 unspecified atom stereocenters. The van der Waals surface area contributed by atoms with Gasteiger partial charge in [-0.15, -0.1) is 0 Å². The van der Waals surface area contributed by atoms with Crippen LogP contribution in [0.2, 0.25) is 0 Å². The fraction of sp³-hybridized carbons (Fsp3) is 0.217. The molecule has 0 bridgehead atoms. The van der Waals surface area contributed by atoms with Gasteiger partial charge in [0.05, 0.1) is 5.75 Å². The van der Waals surface area contributed by atoms with E-state index < -0.39 is 0 Å². The number of thioether (sulfide) groups is 1. The standard InChI is InChI=1S/C23H21N5O3S2/c1-28(12-15-5-3-2-4-6-15)23-27-21-20(33-23)22(25-14-24-21)32-13-19(29)26-16-7-8-17-18(11-16)31-10-9-30-17/h2-8,11,14H,9-10,12-13H2,1H3,(H,26,29). The van der Waals surface area contributed by atoms with Gasteiger partial charge in [0.2, 0.25) is 5.91 Å². The second kappa shape index (κ2) is 9.63.